The average Bonchev–Trinajstić information content (AvgIpc) is 3.40. The number of nitrogens with zero attached hydrogens (tertiary/aromatic N) is 5. The van der Waals surface area contributed by atoms with Gasteiger partial charge in [0.2, 0.25) is 5.95 Å². The quantitative estimate of drug-likeness (QED) is 0.229. The molecule has 3 N–H and O–H groups in total. The minimum absolute atomic E-state index is 0.147. The Hall–Kier alpha value is -4.33. The zero-order chi connectivity index (χ0) is 25.2. The van der Waals surface area contributed by atoms with Gasteiger partial charge in [-0.05, 0) is 29.8 Å². The summed E-state index contributed by atoms with van der Waals surface area (Å²) in [6, 6.07) is 13.3. The maximum atomic E-state index is 13.8. The van der Waals surface area contributed by atoms with Crippen molar-refractivity contribution in [2.75, 3.05) is 10.6 Å². The van der Waals surface area contributed by atoms with E-state index in [1.54, 1.807) is 30.5 Å². The maximum Gasteiger partial charge on any atom is 0.249 e. The molecule has 0 saturated heterocycles. The Morgan fingerprint density at radius 3 is 2.47 bits per heavy atom. The zero-order valence-electron chi connectivity index (χ0n) is 18.1. The third-order valence-electron chi connectivity index (χ3n) is 5.35. The van der Waals surface area contributed by atoms with Crippen molar-refractivity contribution in [2.45, 2.75) is 6.04 Å². The molecule has 5 aromatic rings. The van der Waals surface area contributed by atoms with E-state index in [0.717, 1.165) is 17.8 Å². The van der Waals surface area contributed by atoms with Crippen LogP contribution in [0.4, 0.5) is 25.8 Å². The molecule has 36 heavy (non-hydrogen) atoms. The van der Waals surface area contributed by atoms with Gasteiger partial charge in [0.25, 0.3) is 0 Å². The molecule has 0 aliphatic carbocycles. The molecule has 178 valence electrons. The van der Waals surface area contributed by atoms with Crippen molar-refractivity contribution in [1.82, 2.24) is 25.4 Å². The average molecular weight is 523 g/mol. The number of hydrogen-bond acceptors (Lipinski definition) is 7. The first-order valence-corrected chi connectivity index (χ1v) is 11.2. The lowest BCUT2D eigenvalue weighted by Gasteiger charge is -2.20. The van der Waals surface area contributed by atoms with Gasteiger partial charge in [-0.3, -0.25) is 4.98 Å². The van der Waals surface area contributed by atoms with Gasteiger partial charge in [-0.2, -0.15) is 25.1 Å². The number of H-pyrrole nitrogens is 1. The maximum absolute atomic E-state index is 13.8. The lowest BCUT2D eigenvalue weighted by atomic mass is 10.0. The first-order chi connectivity index (χ1) is 17.4. The van der Waals surface area contributed by atoms with Crippen molar-refractivity contribution in [3.63, 3.8) is 0 Å². The lowest BCUT2D eigenvalue weighted by molar-refractivity contribution is 0.480. The molecule has 0 aliphatic heterocycles. The third-order valence-corrected chi connectivity index (χ3v) is 5.89. The van der Waals surface area contributed by atoms with Gasteiger partial charge >= 0.3 is 0 Å². The number of aromatic amines is 1. The molecule has 0 radical (unpaired) electrons. The molecule has 0 aliphatic rings. The lowest BCUT2D eigenvalue weighted by Crippen LogP contribution is -2.13. The number of anilines is 3. The van der Waals surface area contributed by atoms with Gasteiger partial charge in [0, 0.05) is 28.4 Å². The Morgan fingerprint density at radius 1 is 0.972 bits per heavy atom. The second-order valence-corrected chi connectivity index (χ2v) is 8.50. The summed E-state index contributed by atoms with van der Waals surface area (Å²) in [6.07, 6.45) is 4.06. The van der Waals surface area contributed by atoms with Crippen LogP contribution in [0.2, 0.25) is 10.0 Å². The van der Waals surface area contributed by atoms with E-state index in [0.29, 0.717) is 38.0 Å². The molecule has 1 unspecified atom stereocenters. The van der Waals surface area contributed by atoms with Crippen molar-refractivity contribution in [2.24, 2.45) is 0 Å². The van der Waals surface area contributed by atoms with E-state index in [4.69, 9.17) is 23.2 Å². The van der Waals surface area contributed by atoms with Crippen LogP contribution in [0.15, 0.2) is 61.1 Å². The van der Waals surface area contributed by atoms with Crippen LogP contribution in [0.1, 0.15) is 22.9 Å². The van der Waals surface area contributed by atoms with E-state index in [2.05, 4.69) is 42.1 Å². The molecule has 3 aromatic heterocycles. The van der Waals surface area contributed by atoms with Crippen molar-refractivity contribution < 1.29 is 8.78 Å². The van der Waals surface area contributed by atoms with Gasteiger partial charge in [0.15, 0.2) is 5.82 Å². The highest BCUT2D eigenvalue weighted by molar-refractivity contribution is 6.36. The van der Waals surface area contributed by atoms with Gasteiger partial charge in [0.05, 0.1) is 45.9 Å². The van der Waals surface area contributed by atoms with Crippen LogP contribution in [0.25, 0.3) is 10.9 Å². The summed E-state index contributed by atoms with van der Waals surface area (Å²) >= 11 is 12.6. The number of halogens is 4. The molecule has 5 rings (SSSR count). The molecule has 12 heteroatoms. The second kappa shape index (κ2) is 9.73. The number of rotatable bonds is 6. The van der Waals surface area contributed by atoms with Gasteiger partial charge in [-0.1, -0.05) is 35.3 Å². The number of aromatic nitrogens is 5. The fraction of sp³-hybridized carbons (Fsp3) is 0.0417. The molecular formula is C24H14Cl2F2N8. The van der Waals surface area contributed by atoms with Crippen LogP contribution < -0.4 is 10.6 Å². The summed E-state index contributed by atoms with van der Waals surface area (Å²) in [6.45, 7) is 0. The number of pyridine rings is 2. The molecule has 1 atom stereocenters. The van der Waals surface area contributed by atoms with Crippen molar-refractivity contribution in [3.05, 3.63) is 99.7 Å². The highest BCUT2D eigenvalue weighted by atomic mass is 35.5. The number of benzene rings is 2. The van der Waals surface area contributed by atoms with Crippen molar-refractivity contribution in [3.8, 4) is 6.07 Å². The van der Waals surface area contributed by atoms with Gasteiger partial charge < -0.3 is 10.6 Å². The zero-order valence-corrected chi connectivity index (χ0v) is 19.6. The van der Waals surface area contributed by atoms with Gasteiger partial charge in [-0.15, -0.1) is 0 Å². The summed E-state index contributed by atoms with van der Waals surface area (Å²) in [5, 5.41) is 28.1. The normalized spacial score (nSPS) is 11.8. The Bertz CT molecular complexity index is 1600. The summed E-state index contributed by atoms with van der Waals surface area (Å²) in [4.78, 5) is 7.70. The van der Waals surface area contributed by atoms with Crippen LogP contribution in [0.5, 0.6) is 0 Å². The van der Waals surface area contributed by atoms with Crippen molar-refractivity contribution in [1.29, 1.82) is 5.26 Å². The molecule has 3 heterocycles. The molecule has 0 saturated carbocycles. The Balaban J connectivity index is 1.61. The van der Waals surface area contributed by atoms with E-state index in [9.17, 15) is 14.0 Å². The third kappa shape index (κ3) is 4.62. The van der Waals surface area contributed by atoms with Crippen LogP contribution >= 0.6 is 23.2 Å². The molecular weight excluding hydrogens is 509 g/mol. The predicted octanol–water partition coefficient (Wildman–Crippen LogP) is 6.15. The Kier molecular flexibility index (Phi) is 6.33. The molecule has 0 amide bonds. The van der Waals surface area contributed by atoms with Crippen molar-refractivity contribution >= 4 is 51.2 Å². The summed E-state index contributed by atoms with van der Waals surface area (Å²) in [5.41, 5.74) is 3.09. The van der Waals surface area contributed by atoms with E-state index in [1.807, 2.05) is 12.1 Å². The SMILES string of the molecule is N#Cc1cnc2c(Cl)cc(NC(c3ccc(Cl)cc3)c3cn[nH]n3)cc2c1Nc1cnc(F)c(F)c1. The van der Waals surface area contributed by atoms with Crippen LogP contribution in [-0.2, 0) is 0 Å². The minimum Gasteiger partial charge on any atom is -0.373 e. The molecule has 0 bridgehead atoms. The topological polar surface area (TPSA) is 115 Å². The van der Waals surface area contributed by atoms with Gasteiger partial charge in [0.1, 0.15) is 11.8 Å². The van der Waals surface area contributed by atoms with Crippen LogP contribution in [-0.4, -0.2) is 25.4 Å². The van der Waals surface area contributed by atoms with E-state index < -0.39 is 17.8 Å². The van der Waals surface area contributed by atoms with E-state index >= 15 is 0 Å². The molecule has 8 nitrogen and oxygen atoms in total. The molecule has 0 spiro atoms. The van der Waals surface area contributed by atoms with E-state index in [-0.39, 0.29) is 11.3 Å². The fourth-order valence-corrected chi connectivity index (χ4v) is 4.09. The summed E-state index contributed by atoms with van der Waals surface area (Å²) < 4.78 is 27.1. The second-order valence-electron chi connectivity index (χ2n) is 7.66. The molecule has 0 fully saturated rings. The standard InChI is InChI=1S/C24H14Cl2F2N8/c25-14-3-1-12(2-4-14)22(20-11-32-36-35-20)33-15-5-17-21(34-16-7-19(27)24(28)31-10-16)13(8-29)9-30-23(17)18(26)6-15/h1-7,9-11,22,33H,(H,30,34)(H,32,35,36). The fourth-order valence-electron chi connectivity index (χ4n) is 3.70. The van der Waals surface area contributed by atoms with E-state index in [1.165, 1.54) is 6.20 Å². The first kappa shape index (κ1) is 23.4. The number of hydrogen-bond donors (Lipinski definition) is 3. The number of fused-ring (bicyclic) bond motifs is 1. The largest absolute Gasteiger partial charge is 0.373 e. The first-order valence-electron chi connectivity index (χ1n) is 10.4. The highest BCUT2D eigenvalue weighted by Gasteiger charge is 2.19. The van der Waals surface area contributed by atoms with Gasteiger partial charge in [-0.25, -0.2) is 9.37 Å². The predicted molar refractivity (Wildman–Crippen MR) is 132 cm³/mol. The summed E-state index contributed by atoms with van der Waals surface area (Å²) in [5.74, 6) is -2.35. The Labute approximate surface area is 212 Å². The molecule has 2 aromatic carbocycles. The van der Waals surface area contributed by atoms with Crippen LogP contribution in [0, 0.1) is 23.1 Å². The van der Waals surface area contributed by atoms with Crippen LogP contribution in [0.3, 0.4) is 0 Å². The minimum atomic E-state index is -1.23. The summed E-state index contributed by atoms with van der Waals surface area (Å²) in [7, 11) is 0. The highest BCUT2D eigenvalue weighted by Crippen LogP contribution is 2.36. The Morgan fingerprint density at radius 2 is 1.78 bits per heavy atom. The number of nitrogens with one attached hydrogen (secondary N) is 3. The number of nitriles is 1. The monoisotopic (exact) mass is 522 g/mol. The smallest absolute Gasteiger partial charge is 0.249 e.